The molecule has 0 spiro atoms. The summed E-state index contributed by atoms with van der Waals surface area (Å²) >= 11 is 0. The average Bonchev–Trinajstić information content (AvgIpc) is 2.84. The number of aliphatic hydroxyl groups excluding tert-OH is 7. The molecule has 0 aliphatic heterocycles. The summed E-state index contributed by atoms with van der Waals surface area (Å²) in [4.78, 5) is 0. The Bertz CT molecular complexity index is 945. The highest BCUT2D eigenvalue weighted by Crippen LogP contribution is 2.39. The van der Waals surface area contributed by atoms with E-state index in [0.717, 1.165) is 0 Å². The third kappa shape index (κ3) is 5.95. The van der Waals surface area contributed by atoms with Crippen LogP contribution in [0.1, 0.15) is 52.6 Å². The molecule has 2 rings (SSSR count). The fraction of sp³-hybridized carbons (Fsp3) is 0.360. The lowest BCUT2D eigenvalue weighted by molar-refractivity contribution is 0.260. The molecule has 34 heavy (non-hydrogen) atoms. The van der Waals surface area contributed by atoms with Gasteiger partial charge >= 0.3 is 0 Å². The van der Waals surface area contributed by atoms with Crippen molar-refractivity contribution >= 4 is 0 Å². The first-order chi connectivity index (χ1) is 16.3. The summed E-state index contributed by atoms with van der Waals surface area (Å²) in [5, 5.41) is 88.5. The molecule has 0 saturated carbocycles. The Hall–Kier alpha value is -2.92. The molecule has 0 bridgehead atoms. The van der Waals surface area contributed by atoms with Crippen LogP contribution in [-0.2, 0) is 26.4 Å². The van der Waals surface area contributed by atoms with Gasteiger partial charge in [0.2, 0.25) is 0 Å². The molecule has 9 N–H and O–H groups in total. The van der Waals surface area contributed by atoms with Gasteiger partial charge in [0, 0.05) is 40.2 Å². The molecule has 9 heteroatoms. The second-order valence-electron chi connectivity index (χ2n) is 7.93. The quantitative estimate of drug-likeness (QED) is 0.171. The fourth-order valence-corrected chi connectivity index (χ4v) is 3.95. The zero-order valence-electron chi connectivity index (χ0n) is 18.9. The summed E-state index contributed by atoms with van der Waals surface area (Å²) in [6.45, 7) is -1.11. The highest BCUT2D eigenvalue weighted by molar-refractivity contribution is 5.53. The van der Waals surface area contributed by atoms with Gasteiger partial charge in [0.1, 0.15) is 17.3 Å². The lowest BCUT2D eigenvalue weighted by Gasteiger charge is -2.24. The number of aliphatic hydroxyl groups is 7. The van der Waals surface area contributed by atoms with E-state index in [4.69, 9.17) is 5.11 Å². The minimum atomic E-state index is -0.657. The lowest BCUT2D eigenvalue weighted by Crippen LogP contribution is -2.09. The molecule has 0 aliphatic rings. The van der Waals surface area contributed by atoms with Gasteiger partial charge in [-0.1, -0.05) is 11.6 Å². The highest BCUT2D eigenvalue weighted by atomic mass is 16.3. The number of hydrogen-bond donors (Lipinski definition) is 9. The van der Waals surface area contributed by atoms with Crippen molar-refractivity contribution in [1.82, 2.24) is 0 Å². The van der Waals surface area contributed by atoms with Crippen molar-refractivity contribution in [1.29, 1.82) is 0 Å². The van der Waals surface area contributed by atoms with Gasteiger partial charge in [-0.15, -0.1) is 0 Å². The summed E-state index contributed by atoms with van der Waals surface area (Å²) in [6.07, 6.45) is 1.47. The van der Waals surface area contributed by atoms with Gasteiger partial charge in [-0.05, 0) is 42.3 Å². The van der Waals surface area contributed by atoms with Crippen LogP contribution in [0.15, 0.2) is 47.2 Å². The van der Waals surface area contributed by atoms with E-state index in [-0.39, 0.29) is 58.1 Å². The van der Waals surface area contributed by atoms with Gasteiger partial charge < -0.3 is 46.0 Å². The number of aromatic hydroxyl groups is 2. The van der Waals surface area contributed by atoms with Gasteiger partial charge in [-0.25, -0.2) is 0 Å². The Morgan fingerprint density at radius 2 is 1.12 bits per heavy atom. The van der Waals surface area contributed by atoms with E-state index in [9.17, 15) is 40.9 Å². The summed E-state index contributed by atoms with van der Waals surface area (Å²) in [6, 6.07) is 6.15. The Morgan fingerprint density at radius 1 is 0.735 bits per heavy atom. The van der Waals surface area contributed by atoms with Crippen LogP contribution in [0.2, 0.25) is 0 Å². The van der Waals surface area contributed by atoms with Crippen LogP contribution < -0.4 is 0 Å². The van der Waals surface area contributed by atoms with Crippen LogP contribution in [0.4, 0.5) is 0 Å². The van der Waals surface area contributed by atoms with Crippen molar-refractivity contribution in [3.8, 4) is 11.5 Å². The molecule has 0 atom stereocenters. The minimum Gasteiger partial charge on any atom is -0.512 e. The van der Waals surface area contributed by atoms with Crippen LogP contribution in [0, 0.1) is 0 Å². The van der Waals surface area contributed by atoms with E-state index in [1.165, 1.54) is 30.3 Å². The van der Waals surface area contributed by atoms with Gasteiger partial charge in [0.05, 0.1) is 39.6 Å². The fourth-order valence-electron chi connectivity index (χ4n) is 3.95. The topological polar surface area (TPSA) is 182 Å². The molecule has 0 saturated heterocycles. The van der Waals surface area contributed by atoms with Crippen molar-refractivity contribution in [2.75, 3.05) is 13.2 Å². The van der Waals surface area contributed by atoms with E-state index in [2.05, 4.69) is 0 Å². The second-order valence-corrected chi connectivity index (χ2v) is 7.93. The second kappa shape index (κ2) is 12.5. The first-order valence-corrected chi connectivity index (χ1v) is 10.7. The molecule has 186 valence electrons. The van der Waals surface area contributed by atoms with Crippen molar-refractivity contribution in [2.24, 2.45) is 0 Å². The molecule has 9 nitrogen and oxygen atoms in total. The van der Waals surface area contributed by atoms with Crippen LogP contribution >= 0.6 is 0 Å². The van der Waals surface area contributed by atoms with E-state index in [0.29, 0.717) is 16.7 Å². The predicted octanol–water partition coefficient (Wildman–Crippen LogP) is 1.33. The summed E-state index contributed by atoms with van der Waals surface area (Å²) in [7, 11) is 0. The first-order valence-electron chi connectivity index (χ1n) is 10.7. The number of allylic oxidation sites excluding steroid dienone is 1. The average molecular weight is 477 g/mol. The number of phenols is 2. The van der Waals surface area contributed by atoms with Crippen molar-refractivity contribution in [2.45, 2.75) is 45.7 Å². The van der Waals surface area contributed by atoms with Crippen molar-refractivity contribution in [3.05, 3.63) is 80.6 Å². The van der Waals surface area contributed by atoms with E-state index in [1.807, 2.05) is 0 Å². The number of rotatable bonds is 11. The maximum atomic E-state index is 10.3. The normalized spacial score (nSPS) is 12.9. The van der Waals surface area contributed by atoms with Gasteiger partial charge in [0.15, 0.2) is 0 Å². The van der Waals surface area contributed by atoms with Crippen LogP contribution in [0.5, 0.6) is 11.5 Å². The first kappa shape index (κ1) is 27.3. The highest BCUT2D eigenvalue weighted by Gasteiger charge is 2.23. The molecule has 0 fully saturated rings. The maximum absolute atomic E-state index is 10.3. The Morgan fingerprint density at radius 3 is 1.41 bits per heavy atom. The summed E-state index contributed by atoms with van der Waals surface area (Å²) < 4.78 is 0. The molecular weight excluding hydrogens is 444 g/mol. The van der Waals surface area contributed by atoms with Gasteiger partial charge in [-0.2, -0.15) is 0 Å². The van der Waals surface area contributed by atoms with Crippen LogP contribution in [0.3, 0.4) is 0 Å². The Balaban J connectivity index is 2.86. The molecule has 0 aromatic heterocycles. The molecule has 0 amide bonds. The summed E-state index contributed by atoms with van der Waals surface area (Å²) in [5.41, 5.74) is 2.48. The Kier molecular flexibility index (Phi) is 10.1. The van der Waals surface area contributed by atoms with E-state index < -0.39 is 39.0 Å². The number of benzene rings is 2. The largest absolute Gasteiger partial charge is 0.512 e. The van der Waals surface area contributed by atoms with Crippen LogP contribution in [0.25, 0.3) is 0 Å². The van der Waals surface area contributed by atoms with Crippen LogP contribution in [-0.4, -0.2) is 59.2 Å². The zero-order chi connectivity index (χ0) is 25.4. The SMILES string of the molecule is C/C(=C\C(CO)=C(\O)CCO)C(c1cc(CO)c(O)c(CO)c1)c1cc(CO)c(O)c(CO)c1. The third-order valence-corrected chi connectivity index (χ3v) is 5.68. The molecule has 0 aliphatic carbocycles. The molecule has 2 aromatic carbocycles. The molecule has 2 aromatic rings. The maximum Gasteiger partial charge on any atom is 0.126 e. The Labute approximate surface area is 197 Å². The van der Waals surface area contributed by atoms with E-state index in [1.54, 1.807) is 6.92 Å². The molecule has 0 radical (unpaired) electrons. The number of hydrogen-bond acceptors (Lipinski definition) is 9. The van der Waals surface area contributed by atoms with Gasteiger partial charge in [0.25, 0.3) is 0 Å². The summed E-state index contributed by atoms with van der Waals surface area (Å²) in [5.74, 6) is -1.35. The monoisotopic (exact) mass is 476 g/mol. The third-order valence-electron chi connectivity index (χ3n) is 5.68. The smallest absolute Gasteiger partial charge is 0.126 e. The van der Waals surface area contributed by atoms with Crippen molar-refractivity contribution in [3.63, 3.8) is 0 Å². The molecule has 0 heterocycles. The van der Waals surface area contributed by atoms with Gasteiger partial charge in [-0.3, -0.25) is 0 Å². The minimum absolute atomic E-state index is 0.0601. The standard InChI is InChI=1S/C25H32O9/c1-14(4-17(9-27)22(32)2-3-26)23(15-5-18(10-28)24(33)19(6-15)11-29)16-7-20(12-30)25(34)21(8-16)13-31/h4-8,23,26-34H,2-3,9-13H2,1H3/b14-4+,22-17-. The molecular formula is C25H32O9. The zero-order valence-corrected chi connectivity index (χ0v) is 18.9. The van der Waals surface area contributed by atoms with E-state index >= 15 is 0 Å². The van der Waals surface area contributed by atoms with Crippen molar-refractivity contribution < 1.29 is 46.0 Å². The predicted molar refractivity (Wildman–Crippen MR) is 124 cm³/mol. The lowest BCUT2D eigenvalue weighted by atomic mass is 9.81. The molecule has 0 unspecified atom stereocenters.